The Morgan fingerprint density at radius 2 is 2.00 bits per heavy atom. The highest BCUT2D eigenvalue weighted by atomic mass is 35.5. The van der Waals surface area contributed by atoms with E-state index in [-0.39, 0.29) is 6.61 Å². The third-order valence-electron chi connectivity index (χ3n) is 2.91. The molecule has 0 aliphatic rings. The number of aliphatic hydroxyl groups is 2. The molecular weight excluding hydrogens is 310 g/mol. The summed E-state index contributed by atoms with van der Waals surface area (Å²) in [6.07, 6.45) is -1.23. The van der Waals surface area contributed by atoms with E-state index in [2.05, 4.69) is 5.32 Å². The van der Waals surface area contributed by atoms with Crippen LogP contribution >= 0.6 is 22.9 Å². The lowest BCUT2D eigenvalue weighted by Gasteiger charge is -2.15. The molecule has 0 bridgehead atoms. The van der Waals surface area contributed by atoms with Crippen LogP contribution in [0.2, 0.25) is 5.02 Å². The van der Waals surface area contributed by atoms with Crippen LogP contribution in [0, 0.1) is 0 Å². The molecule has 0 aliphatic heterocycles. The lowest BCUT2D eigenvalue weighted by molar-refractivity contribution is 0.0997. The fourth-order valence-electron chi connectivity index (χ4n) is 1.78. The van der Waals surface area contributed by atoms with Gasteiger partial charge in [0.05, 0.1) is 11.1 Å². The highest BCUT2D eigenvalue weighted by Gasteiger charge is 2.10. The largest absolute Gasteiger partial charge is 0.489 e. The Labute approximate surface area is 133 Å². The Morgan fingerprint density at radius 3 is 2.71 bits per heavy atom. The molecule has 0 aliphatic carbocycles. The number of halogens is 1. The molecule has 0 fully saturated rings. The third kappa shape index (κ3) is 5.30. The molecule has 6 heteroatoms. The van der Waals surface area contributed by atoms with Gasteiger partial charge in [-0.25, -0.2) is 0 Å². The fourth-order valence-corrected chi connectivity index (χ4v) is 2.67. The number of ether oxygens (including phenoxy) is 1. The van der Waals surface area contributed by atoms with Crippen LogP contribution in [0.5, 0.6) is 5.75 Å². The van der Waals surface area contributed by atoms with Gasteiger partial charge >= 0.3 is 0 Å². The van der Waals surface area contributed by atoms with Crippen molar-refractivity contribution < 1.29 is 14.9 Å². The number of para-hydroxylation sites is 1. The van der Waals surface area contributed by atoms with Gasteiger partial charge in [0.1, 0.15) is 18.5 Å². The molecule has 1 aromatic heterocycles. The second kappa shape index (κ2) is 8.36. The van der Waals surface area contributed by atoms with Gasteiger partial charge in [-0.15, -0.1) is 0 Å². The van der Waals surface area contributed by atoms with Crippen LogP contribution in [-0.2, 0) is 0 Å². The van der Waals surface area contributed by atoms with Gasteiger partial charge in [-0.1, -0.05) is 23.7 Å². The van der Waals surface area contributed by atoms with E-state index in [0.29, 0.717) is 23.9 Å². The van der Waals surface area contributed by atoms with E-state index < -0.39 is 12.2 Å². The number of thiophene rings is 1. The van der Waals surface area contributed by atoms with Crippen molar-refractivity contribution in [3.63, 3.8) is 0 Å². The van der Waals surface area contributed by atoms with Gasteiger partial charge in [0.25, 0.3) is 0 Å². The first-order valence-corrected chi connectivity index (χ1v) is 7.95. The maximum absolute atomic E-state index is 9.88. The maximum Gasteiger partial charge on any atom is 0.138 e. The van der Waals surface area contributed by atoms with Crippen molar-refractivity contribution in [1.82, 2.24) is 5.32 Å². The zero-order chi connectivity index (χ0) is 15.1. The van der Waals surface area contributed by atoms with Gasteiger partial charge in [-0.05, 0) is 34.5 Å². The highest BCUT2D eigenvalue weighted by molar-refractivity contribution is 7.07. The van der Waals surface area contributed by atoms with Crippen LogP contribution in [0.1, 0.15) is 11.7 Å². The van der Waals surface area contributed by atoms with Crippen LogP contribution in [0.4, 0.5) is 0 Å². The monoisotopic (exact) mass is 327 g/mol. The number of nitrogens with one attached hydrogen (secondary N) is 1. The molecule has 0 saturated carbocycles. The van der Waals surface area contributed by atoms with Gasteiger partial charge in [0, 0.05) is 13.1 Å². The molecule has 114 valence electrons. The SMILES string of the molecule is OC(CNCC(O)c1ccsc1)COc1ccccc1Cl. The molecule has 0 radical (unpaired) electrons. The molecule has 1 aromatic carbocycles. The minimum Gasteiger partial charge on any atom is -0.489 e. The summed E-state index contributed by atoms with van der Waals surface area (Å²) in [6, 6.07) is 9.01. The summed E-state index contributed by atoms with van der Waals surface area (Å²) in [4.78, 5) is 0. The molecule has 0 saturated heterocycles. The fraction of sp³-hybridized carbons (Fsp3) is 0.333. The van der Waals surface area contributed by atoms with Crippen LogP contribution in [0.15, 0.2) is 41.1 Å². The normalized spacial score (nSPS) is 13.9. The van der Waals surface area contributed by atoms with Gasteiger partial charge in [0.15, 0.2) is 0 Å². The summed E-state index contributed by atoms with van der Waals surface area (Å²) in [5, 5.41) is 27.1. The van der Waals surface area contributed by atoms with Crippen LogP contribution in [0.3, 0.4) is 0 Å². The van der Waals surface area contributed by atoms with Crippen molar-refractivity contribution >= 4 is 22.9 Å². The molecule has 0 spiro atoms. The van der Waals surface area contributed by atoms with Gasteiger partial charge in [-0.2, -0.15) is 11.3 Å². The van der Waals surface area contributed by atoms with Crippen molar-refractivity contribution in [3.05, 3.63) is 51.7 Å². The minimum atomic E-state index is -0.670. The van der Waals surface area contributed by atoms with Gasteiger partial charge in [0.2, 0.25) is 0 Å². The second-order valence-corrected chi connectivity index (χ2v) is 5.81. The topological polar surface area (TPSA) is 61.7 Å². The van der Waals surface area contributed by atoms with Crippen LogP contribution in [0.25, 0.3) is 0 Å². The first-order chi connectivity index (χ1) is 10.2. The minimum absolute atomic E-state index is 0.144. The summed E-state index contributed by atoms with van der Waals surface area (Å²) >= 11 is 7.50. The zero-order valence-corrected chi connectivity index (χ0v) is 13.0. The van der Waals surface area contributed by atoms with Crippen LogP contribution in [-0.4, -0.2) is 36.0 Å². The second-order valence-electron chi connectivity index (χ2n) is 4.63. The van der Waals surface area contributed by atoms with Gasteiger partial charge < -0.3 is 20.3 Å². The Kier molecular flexibility index (Phi) is 6.48. The van der Waals surface area contributed by atoms with Crippen molar-refractivity contribution in [2.24, 2.45) is 0 Å². The molecule has 3 N–H and O–H groups in total. The zero-order valence-electron chi connectivity index (χ0n) is 11.4. The van der Waals surface area contributed by atoms with Crippen molar-refractivity contribution in [2.75, 3.05) is 19.7 Å². The molecule has 21 heavy (non-hydrogen) atoms. The Morgan fingerprint density at radius 1 is 1.19 bits per heavy atom. The Hall–Kier alpha value is -1.11. The van der Waals surface area contributed by atoms with E-state index in [1.54, 1.807) is 23.5 Å². The van der Waals surface area contributed by atoms with Crippen molar-refractivity contribution in [1.29, 1.82) is 0 Å². The lowest BCUT2D eigenvalue weighted by atomic mass is 10.2. The average molecular weight is 328 g/mol. The smallest absolute Gasteiger partial charge is 0.138 e. The van der Waals surface area contributed by atoms with E-state index in [9.17, 15) is 10.2 Å². The van der Waals surface area contributed by atoms with Crippen LogP contribution < -0.4 is 10.1 Å². The molecule has 2 rings (SSSR count). The summed E-state index contributed by atoms with van der Waals surface area (Å²) in [6.45, 7) is 0.872. The highest BCUT2D eigenvalue weighted by Crippen LogP contribution is 2.23. The summed E-state index contributed by atoms with van der Waals surface area (Å²) < 4.78 is 5.45. The summed E-state index contributed by atoms with van der Waals surface area (Å²) in [5.41, 5.74) is 0.884. The first-order valence-electron chi connectivity index (χ1n) is 6.63. The van der Waals surface area contributed by atoms with Gasteiger partial charge in [-0.3, -0.25) is 0 Å². The predicted molar refractivity (Wildman–Crippen MR) is 85.1 cm³/mol. The first kappa shape index (κ1) is 16.3. The standard InChI is InChI=1S/C15H18ClNO3S/c16-13-3-1-2-4-15(13)20-9-12(18)7-17-8-14(19)11-5-6-21-10-11/h1-6,10,12,14,17-19H,7-9H2. The number of rotatable bonds is 8. The summed E-state index contributed by atoms with van der Waals surface area (Å²) in [5.74, 6) is 0.552. The molecule has 2 unspecified atom stereocenters. The Bertz CT molecular complexity index is 535. The number of benzene rings is 1. The molecule has 2 aromatic rings. The van der Waals surface area contributed by atoms with E-state index in [4.69, 9.17) is 16.3 Å². The molecule has 4 nitrogen and oxygen atoms in total. The lowest BCUT2D eigenvalue weighted by Crippen LogP contribution is -2.33. The van der Waals surface area contributed by atoms with E-state index in [1.165, 1.54) is 0 Å². The number of aliphatic hydroxyl groups excluding tert-OH is 2. The van der Waals surface area contributed by atoms with Crippen molar-refractivity contribution in [2.45, 2.75) is 12.2 Å². The molecule has 2 atom stereocenters. The van der Waals surface area contributed by atoms with Crippen molar-refractivity contribution in [3.8, 4) is 5.75 Å². The molecule has 1 heterocycles. The number of hydrogen-bond donors (Lipinski definition) is 3. The predicted octanol–water partition coefficient (Wildman–Crippen LogP) is 2.46. The van der Waals surface area contributed by atoms with E-state index in [1.807, 2.05) is 29.0 Å². The third-order valence-corrected chi connectivity index (χ3v) is 3.93. The maximum atomic E-state index is 9.88. The quantitative estimate of drug-likeness (QED) is 0.697. The number of hydrogen-bond acceptors (Lipinski definition) is 5. The summed E-state index contributed by atoms with van der Waals surface area (Å²) in [7, 11) is 0. The molecular formula is C15H18ClNO3S. The molecule has 0 amide bonds. The average Bonchev–Trinajstić information content (AvgIpc) is 3.00. The van der Waals surface area contributed by atoms with E-state index in [0.717, 1.165) is 5.56 Å². The Balaban J connectivity index is 1.66. The van der Waals surface area contributed by atoms with E-state index >= 15 is 0 Å².